The summed E-state index contributed by atoms with van der Waals surface area (Å²) in [5.41, 5.74) is -2.20. The quantitative estimate of drug-likeness (QED) is 0.302. The van der Waals surface area contributed by atoms with E-state index >= 15 is 0 Å². The molecular formula is C18H20N3O9P. The van der Waals surface area contributed by atoms with Crippen LogP contribution in [0.1, 0.15) is 20.8 Å². The molecule has 2 aromatic rings. The molecule has 0 spiro atoms. The summed E-state index contributed by atoms with van der Waals surface area (Å²) in [5, 5.41) is 33.7. The molecule has 0 aliphatic rings. The molecule has 0 radical (unpaired) electrons. The minimum absolute atomic E-state index is 0.0835. The van der Waals surface area contributed by atoms with Crippen LogP contribution < -0.4 is 14.1 Å². The van der Waals surface area contributed by atoms with Crippen LogP contribution in [-0.4, -0.2) is 26.5 Å². The van der Waals surface area contributed by atoms with Crippen molar-refractivity contribution >= 4 is 25.1 Å². The summed E-state index contributed by atoms with van der Waals surface area (Å²) in [5.74, 6) is -2.04. The first-order valence-corrected chi connectivity index (χ1v) is 10.4. The molecule has 0 unspecified atom stereocenters. The van der Waals surface area contributed by atoms with Crippen LogP contribution in [-0.2, 0) is 9.36 Å². The molecule has 2 rings (SSSR count). The first-order valence-electron chi connectivity index (χ1n) is 8.87. The maximum Gasteiger partial charge on any atom is 0.513 e. The second-order valence-corrected chi connectivity index (χ2v) is 8.54. The highest BCUT2D eigenvalue weighted by Crippen LogP contribution is 2.48. The Bertz CT molecular complexity index is 961. The van der Waals surface area contributed by atoms with Crippen LogP contribution in [0.4, 0.5) is 11.4 Å². The minimum atomic E-state index is -4.44. The lowest BCUT2D eigenvalue weighted by molar-refractivity contribution is -0.385. The van der Waals surface area contributed by atoms with Crippen molar-refractivity contribution in [1.82, 2.24) is 5.09 Å². The highest BCUT2D eigenvalue weighted by atomic mass is 31.2. The molecule has 0 bridgehead atoms. The molecular weight excluding hydrogens is 433 g/mol. The highest BCUT2D eigenvalue weighted by molar-refractivity contribution is 7.52. The van der Waals surface area contributed by atoms with E-state index in [9.17, 15) is 34.7 Å². The Morgan fingerprint density at radius 3 is 1.58 bits per heavy atom. The lowest BCUT2D eigenvalue weighted by Gasteiger charge is -2.33. The number of nitro benzene ring substituents is 2. The number of carbonyl (C=O) groups is 1. The predicted molar refractivity (Wildman–Crippen MR) is 109 cm³/mol. The second kappa shape index (κ2) is 9.11. The lowest BCUT2D eigenvalue weighted by atomic mass is 9.90. The number of nitrogens with one attached hydrogen (secondary N) is 1. The Morgan fingerprint density at radius 2 is 1.32 bits per heavy atom. The van der Waals surface area contributed by atoms with Gasteiger partial charge in [0.15, 0.2) is 0 Å². The van der Waals surface area contributed by atoms with E-state index in [-0.39, 0.29) is 22.9 Å². The normalized spacial score (nSPS) is 13.3. The summed E-state index contributed by atoms with van der Waals surface area (Å²) in [4.78, 5) is 32.2. The Balaban J connectivity index is 2.42. The number of nitrogens with zero attached hydrogens (tertiary/aromatic N) is 2. The van der Waals surface area contributed by atoms with Gasteiger partial charge in [-0.3, -0.25) is 25.0 Å². The van der Waals surface area contributed by atoms with Crippen molar-refractivity contribution in [3.63, 3.8) is 0 Å². The third-order valence-corrected chi connectivity index (χ3v) is 6.16. The van der Waals surface area contributed by atoms with Crippen LogP contribution in [0, 0.1) is 26.1 Å². The monoisotopic (exact) mass is 453 g/mol. The molecule has 0 aliphatic heterocycles. The summed E-state index contributed by atoms with van der Waals surface area (Å²) >= 11 is 0. The molecule has 0 saturated heterocycles. The summed E-state index contributed by atoms with van der Waals surface area (Å²) in [6.45, 7) is 4.47. The SMILES string of the molecule is CC(C)[C@](C)(NP(=O)(Oc1ccc([N+](=O)[O-])cc1)Oc1ccc([N+](=O)[O-])cc1)C(=O)O. The van der Waals surface area contributed by atoms with E-state index in [0.717, 1.165) is 24.3 Å². The molecule has 0 aliphatic carbocycles. The smallest absolute Gasteiger partial charge is 0.480 e. The maximum atomic E-state index is 13.5. The highest BCUT2D eigenvalue weighted by Gasteiger charge is 2.46. The van der Waals surface area contributed by atoms with E-state index in [1.807, 2.05) is 0 Å². The largest absolute Gasteiger partial charge is 0.513 e. The number of carboxylic acids is 1. The van der Waals surface area contributed by atoms with Gasteiger partial charge in [0.2, 0.25) is 0 Å². The predicted octanol–water partition coefficient (Wildman–Crippen LogP) is 4.16. The number of rotatable bonds is 10. The van der Waals surface area contributed by atoms with Crippen LogP contribution in [0.3, 0.4) is 0 Å². The van der Waals surface area contributed by atoms with Gasteiger partial charge in [-0.1, -0.05) is 13.8 Å². The third kappa shape index (κ3) is 5.77. The van der Waals surface area contributed by atoms with Gasteiger partial charge < -0.3 is 14.2 Å². The minimum Gasteiger partial charge on any atom is -0.480 e. The van der Waals surface area contributed by atoms with Gasteiger partial charge in [-0.05, 0) is 37.1 Å². The van der Waals surface area contributed by atoms with E-state index in [2.05, 4.69) is 5.09 Å². The maximum absolute atomic E-state index is 13.5. The van der Waals surface area contributed by atoms with Crippen molar-refractivity contribution < 1.29 is 33.4 Å². The molecule has 0 aromatic heterocycles. The van der Waals surface area contributed by atoms with Crippen molar-refractivity contribution in [1.29, 1.82) is 0 Å². The van der Waals surface area contributed by atoms with Crippen LogP contribution in [0.25, 0.3) is 0 Å². The van der Waals surface area contributed by atoms with Gasteiger partial charge in [0.25, 0.3) is 11.4 Å². The zero-order chi connectivity index (χ0) is 23.4. The fraction of sp³-hybridized carbons (Fsp3) is 0.278. The topological polar surface area (TPSA) is 171 Å². The molecule has 0 heterocycles. The second-order valence-electron chi connectivity index (χ2n) is 6.96. The van der Waals surface area contributed by atoms with Gasteiger partial charge in [0.05, 0.1) is 9.85 Å². The van der Waals surface area contributed by atoms with Gasteiger partial charge >= 0.3 is 13.7 Å². The van der Waals surface area contributed by atoms with E-state index < -0.39 is 35.0 Å². The van der Waals surface area contributed by atoms with Crippen molar-refractivity contribution in [3.8, 4) is 11.5 Å². The number of benzene rings is 2. The zero-order valence-electron chi connectivity index (χ0n) is 16.8. The van der Waals surface area contributed by atoms with Crippen molar-refractivity contribution in [2.75, 3.05) is 0 Å². The number of aliphatic carboxylic acids is 1. The molecule has 0 fully saturated rings. The number of hydrogen-bond acceptors (Lipinski definition) is 8. The fourth-order valence-electron chi connectivity index (χ4n) is 2.31. The summed E-state index contributed by atoms with van der Waals surface area (Å²) in [6.07, 6.45) is 0. The molecule has 1 atom stereocenters. The third-order valence-electron chi connectivity index (χ3n) is 4.51. The first kappa shape index (κ1) is 23.8. The van der Waals surface area contributed by atoms with Crippen LogP contribution >= 0.6 is 7.75 Å². The van der Waals surface area contributed by atoms with Gasteiger partial charge in [0, 0.05) is 24.3 Å². The van der Waals surface area contributed by atoms with Gasteiger partial charge in [-0.2, -0.15) is 5.09 Å². The van der Waals surface area contributed by atoms with Crippen LogP contribution in [0.15, 0.2) is 48.5 Å². The average Bonchev–Trinajstić information content (AvgIpc) is 2.68. The Kier molecular flexibility index (Phi) is 6.98. The van der Waals surface area contributed by atoms with E-state index in [1.54, 1.807) is 13.8 Å². The number of carboxylic acid groups (broad SMARTS) is 1. The standard InChI is InChI=1S/C18H20N3O9P/c1-12(2)18(3,17(22)23)19-31(28,29-15-8-4-13(5-9-15)20(24)25)30-16-10-6-14(7-11-16)21(26)27/h4-12H,1-3H3,(H,19,28)(H,22,23)/t18-/m0/s1. The summed E-state index contributed by atoms with van der Waals surface area (Å²) in [6, 6.07) is 9.18. The van der Waals surface area contributed by atoms with Gasteiger partial charge in [-0.25, -0.2) is 4.57 Å². The summed E-state index contributed by atoms with van der Waals surface area (Å²) in [7, 11) is -4.44. The van der Waals surface area contributed by atoms with Crippen LogP contribution in [0.5, 0.6) is 11.5 Å². The van der Waals surface area contributed by atoms with Crippen LogP contribution in [0.2, 0.25) is 0 Å². The fourth-order valence-corrected chi connectivity index (χ4v) is 4.16. The molecule has 2 N–H and O–H groups in total. The van der Waals surface area contributed by atoms with E-state index in [1.165, 1.54) is 31.2 Å². The lowest BCUT2D eigenvalue weighted by Crippen LogP contribution is -2.53. The van der Waals surface area contributed by atoms with E-state index in [4.69, 9.17) is 9.05 Å². The number of hydrogen-bond donors (Lipinski definition) is 2. The molecule has 166 valence electrons. The summed E-state index contributed by atoms with van der Waals surface area (Å²) < 4.78 is 24.4. The average molecular weight is 453 g/mol. The zero-order valence-corrected chi connectivity index (χ0v) is 17.6. The molecule has 12 nitrogen and oxygen atoms in total. The van der Waals surface area contributed by atoms with Crippen molar-refractivity contribution in [2.24, 2.45) is 5.92 Å². The molecule has 2 aromatic carbocycles. The molecule has 0 amide bonds. The Labute approximate surface area is 176 Å². The molecule has 31 heavy (non-hydrogen) atoms. The van der Waals surface area contributed by atoms with Crippen molar-refractivity contribution in [3.05, 3.63) is 68.8 Å². The first-order chi connectivity index (χ1) is 14.4. The van der Waals surface area contributed by atoms with Gasteiger partial charge in [0.1, 0.15) is 17.0 Å². The molecule has 0 saturated carbocycles. The number of nitro groups is 2. The van der Waals surface area contributed by atoms with Gasteiger partial charge in [-0.15, -0.1) is 0 Å². The number of non-ortho nitro benzene ring substituents is 2. The Morgan fingerprint density at radius 1 is 0.968 bits per heavy atom. The van der Waals surface area contributed by atoms with Crippen molar-refractivity contribution in [2.45, 2.75) is 26.3 Å². The van der Waals surface area contributed by atoms with E-state index in [0.29, 0.717) is 0 Å². The Hall–Kier alpha value is -3.50. The molecule has 13 heteroatoms.